The highest BCUT2D eigenvalue weighted by Gasteiger charge is 2.06. The van der Waals surface area contributed by atoms with E-state index in [1.165, 1.54) is 13.8 Å². The highest BCUT2D eigenvalue weighted by Crippen LogP contribution is 1.81. The fourth-order valence-corrected chi connectivity index (χ4v) is 0.407. The van der Waals surface area contributed by atoms with Crippen molar-refractivity contribution in [3.63, 3.8) is 0 Å². The summed E-state index contributed by atoms with van der Waals surface area (Å²) >= 11 is 0. The van der Waals surface area contributed by atoms with Crippen LogP contribution in [0.3, 0.4) is 0 Å². The van der Waals surface area contributed by atoms with Gasteiger partial charge in [0.15, 0.2) is 5.78 Å². The summed E-state index contributed by atoms with van der Waals surface area (Å²) in [6, 6.07) is -0.345. The van der Waals surface area contributed by atoms with Crippen molar-refractivity contribution in [2.45, 2.75) is 40.7 Å². The van der Waals surface area contributed by atoms with Gasteiger partial charge in [0.05, 0.1) is 6.04 Å². The largest absolute Gasteiger partial charge is 0.347 e. The van der Waals surface area contributed by atoms with Crippen molar-refractivity contribution in [3.05, 3.63) is 0 Å². The molecule has 0 aromatic heterocycles. The second-order valence-electron chi connectivity index (χ2n) is 2.03. The van der Waals surface area contributed by atoms with Crippen LogP contribution in [-0.4, -0.2) is 17.7 Å². The molecule has 0 aromatic rings. The maximum atomic E-state index is 10.5. The number of carbonyl (C=O) groups is 2. The molecule has 0 bridgehead atoms. The lowest BCUT2D eigenvalue weighted by Crippen LogP contribution is -2.35. The maximum Gasteiger partial charge on any atom is 0.217 e. The molecule has 0 heterocycles. The monoisotopic (exact) mass is 161 g/mol. The van der Waals surface area contributed by atoms with Crippen molar-refractivity contribution in [3.8, 4) is 0 Å². The molecule has 11 heavy (non-hydrogen) atoms. The van der Waals surface area contributed by atoms with Gasteiger partial charge in [-0.25, -0.2) is 0 Å². The van der Waals surface area contributed by atoms with E-state index in [0.29, 0.717) is 0 Å². The van der Waals surface area contributed by atoms with Gasteiger partial charge < -0.3 is 5.32 Å². The highest BCUT2D eigenvalue weighted by molar-refractivity contribution is 5.86. The van der Waals surface area contributed by atoms with E-state index in [1.54, 1.807) is 6.92 Å². The van der Waals surface area contributed by atoms with Crippen LogP contribution < -0.4 is 5.32 Å². The molecule has 0 saturated carbocycles. The van der Waals surface area contributed by atoms with E-state index in [2.05, 4.69) is 5.32 Å². The second kappa shape index (κ2) is 7.25. The number of Topliss-reactive ketones (excluding diaryl/α,β-unsaturated/α-hetero) is 1. The summed E-state index contributed by atoms with van der Waals surface area (Å²) in [7, 11) is 0. The predicted molar refractivity (Wildman–Crippen MR) is 47.4 cm³/mol. The predicted octanol–water partition coefficient (Wildman–Crippen LogP) is 1.37. The first kappa shape index (κ1) is 12.8. The highest BCUT2D eigenvalue weighted by atomic mass is 16.2. The van der Waals surface area contributed by atoms with Crippen LogP contribution in [0.4, 0.5) is 0 Å². The van der Waals surface area contributed by atoms with Crippen molar-refractivity contribution < 1.29 is 11.0 Å². The van der Waals surface area contributed by atoms with Gasteiger partial charge in [-0.05, 0) is 13.8 Å². The molecule has 0 aliphatic rings. The summed E-state index contributed by atoms with van der Waals surface area (Å²) in [5.74, 6) is -0.192. The van der Waals surface area contributed by atoms with Crippen molar-refractivity contribution in [1.82, 2.24) is 5.32 Å². The van der Waals surface area contributed by atoms with Crippen LogP contribution in [0.25, 0.3) is 0 Å². The summed E-state index contributed by atoms with van der Waals surface area (Å²) in [5.41, 5.74) is 0. The van der Waals surface area contributed by atoms with Gasteiger partial charge in [0.1, 0.15) is 0 Å². The Morgan fingerprint density at radius 3 is 1.73 bits per heavy atom. The number of amides is 1. The van der Waals surface area contributed by atoms with Gasteiger partial charge >= 0.3 is 0 Å². The third kappa shape index (κ3) is 9.14. The summed E-state index contributed by atoms with van der Waals surface area (Å²) in [6.45, 7) is 8.49. The lowest BCUT2D eigenvalue weighted by Gasteiger charge is -2.06. The summed E-state index contributed by atoms with van der Waals surface area (Å²) < 4.78 is 0. The smallest absolute Gasteiger partial charge is 0.217 e. The molecule has 3 heteroatoms. The van der Waals surface area contributed by atoms with Crippen LogP contribution in [0.2, 0.25) is 0 Å². The number of carbonyl (C=O) groups excluding carboxylic acids is 2. The Morgan fingerprint density at radius 2 is 1.64 bits per heavy atom. The minimum absolute atomic E-state index is 0. The molecule has 0 aliphatic heterocycles. The van der Waals surface area contributed by atoms with E-state index in [4.69, 9.17) is 0 Å². The number of hydrogen-bond acceptors (Lipinski definition) is 2. The third-order valence-corrected chi connectivity index (χ3v) is 1.03. The summed E-state index contributed by atoms with van der Waals surface area (Å²) in [6.07, 6.45) is 0. The molecule has 0 aromatic carbocycles. The Morgan fingerprint density at radius 1 is 1.27 bits per heavy atom. The Bertz CT molecular complexity index is 137. The number of nitrogens with one attached hydrogen (secondary N) is 1. The maximum absolute atomic E-state index is 10.5. The molecular formula is C8H19NO2. The van der Waals surface area contributed by atoms with Crippen molar-refractivity contribution in [2.24, 2.45) is 0 Å². The topological polar surface area (TPSA) is 46.2 Å². The van der Waals surface area contributed by atoms with Gasteiger partial charge in [-0.15, -0.1) is 0 Å². The molecular weight excluding hydrogens is 142 g/mol. The van der Waals surface area contributed by atoms with Crippen LogP contribution in [0.1, 0.15) is 36.0 Å². The number of rotatable bonds is 2. The number of hydrogen-bond donors (Lipinski definition) is 1. The Kier molecular flexibility index (Phi) is 8.43. The SMILES string of the molecule is CC.CC(=O)NC(C)C(C)=O.[HH]. The third-order valence-electron chi connectivity index (χ3n) is 1.03. The van der Waals surface area contributed by atoms with E-state index in [1.807, 2.05) is 13.8 Å². The van der Waals surface area contributed by atoms with Crippen LogP contribution >= 0.6 is 0 Å². The molecule has 0 rings (SSSR count). The molecule has 0 aliphatic carbocycles. The Labute approximate surface area is 69.7 Å². The molecule has 0 radical (unpaired) electrons. The van der Waals surface area contributed by atoms with Crippen LogP contribution in [0.5, 0.6) is 0 Å². The fourth-order valence-electron chi connectivity index (χ4n) is 0.407. The van der Waals surface area contributed by atoms with Gasteiger partial charge in [-0.2, -0.15) is 0 Å². The molecule has 1 amide bonds. The lowest BCUT2D eigenvalue weighted by molar-refractivity contribution is -0.125. The van der Waals surface area contributed by atoms with Crippen molar-refractivity contribution in [2.75, 3.05) is 0 Å². The molecule has 0 fully saturated rings. The van der Waals surface area contributed by atoms with E-state index in [9.17, 15) is 9.59 Å². The first-order chi connectivity index (χ1) is 5.04. The molecule has 1 atom stereocenters. The number of ketones is 1. The van der Waals surface area contributed by atoms with Crippen molar-refractivity contribution in [1.29, 1.82) is 0 Å². The molecule has 0 saturated heterocycles. The zero-order valence-electron chi connectivity index (χ0n) is 7.89. The second-order valence-corrected chi connectivity index (χ2v) is 2.03. The van der Waals surface area contributed by atoms with Crippen LogP contribution in [0.15, 0.2) is 0 Å². The molecule has 0 spiro atoms. The van der Waals surface area contributed by atoms with E-state index < -0.39 is 0 Å². The minimum Gasteiger partial charge on any atom is -0.347 e. The average molecular weight is 161 g/mol. The van der Waals surface area contributed by atoms with Crippen LogP contribution in [0, 0.1) is 0 Å². The van der Waals surface area contributed by atoms with Gasteiger partial charge in [0.2, 0.25) is 5.91 Å². The van der Waals surface area contributed by atoms with E-state index in [-0.39, 0.29) is 19.2 Å². The summed E-state index contributed by atoms with van der Waals surface area (Å²) in [4.78, 5) is 20.8. The fraction of sp³-hybridized carbons (Fsp3) is 0.750. The molecule has 1 N–H and O–H groups in total. The van der Waals surface area contributed by atoms with Gasteiger partial charge in [-0.1, -0.05) is 13.8 Å². The summed E-state index contributed by atoms with van der Waals surface area (Å²) in [5, 5.41) is 2.45. The quantitative estimate of drug-likeness (QED) is 0.665. The van der Waals surface area contributed by atoms with Gasteiger partial charge in [-0.3, -0.25) is 9.59 Å². The van der Waals surface area contributed by atoms with Gasteiger partial charge in [0.25, 0.3) is 0 Å². The first-order valence-electron chi connectivity index (χ1n) is 3.81. The molecule has 68 valence electrons. The van der Waals surface area contributed by atoms with Crippen LogP contribution in [-0.2, 0) is 9.59 Å². The normalized spacial score (nSPS) is 10.6. The van der Waals surface area contributed by atoms with E-state index >= 15 is 0 Å². The Balaban J connectivity index is -0.000000249. The minimum atomic E-state index is -0.345. The zero-order valence-corrected chi connectivity index (χ0v) is 7.89. The zero-order chi connectivity index (χ0) is 9.44. The van der Waals surface area contributed by atoms with E-state index in [0.717, 1.165) is 0 Å². The molecule has 1 unspecified atom stereocenters. The Hall–Kier alpha value is -0.860. The standard InChI is InChI=1S/C6H11NO2.C2H6.H2/c1-4(5(2)8)7-6(3)9;1-2;/h4H,1-3H3,(H,7,9);1-2H3;1H. The van der Waals surface area contributed by atoms with Crippen molar-refractivity contribution >= 4 is 11.7 Å². The molecule has 3 nitrogen and oxygen atoms in total. The average Bonchev–Trinajstić information content (AvgIpc) is 1.90. The van der Waals surface area contributed by atoms with Gasteiger partial charge in [0, 0.05) is 8.35 Å². The first-order valence-corrected chi connectivity index (χ1v) is 3.81. The lowest BCUT2D eigenvalue weighted by atomic mass is 10.2.